The molecule has 5 nitrogen and oxygen atoms in total. The second-order valence-electron chi connectivity index (χ2n) is 6.02. The molecule has 1 heterocycles. The first-order valence-corrected chi connectivity index (χ1v) is 9.92. The van der Waals surface area contributed by atoms with Gasteiger partial charge in [-0.3, -0.25) is 9.79 Å². The number of rotatable bonds is 4. The van der Waals surface area contributed by atoms with Crippen LogP contribution < -0.4 is 14.8 Å². The first kappa shape index (κ1) is 18.3. The van der Waals surface area contributed by atoms with Crippen molar-refractivity contribution in [3.05, 3.63) is 27.1 Å². The fourth-order valence-electron chi connectivity index (χ4n) is 2.99. The lowest BCUT2D eigenvalue weighted by atomic mass is 9.96. The number of nitrogens with one attached hydrogen (secondary N) is 1. The molecule has 2 fully saturated rings. The van der Waals surface area contributed by atoms with E-state index in [1.807, 2.05) is 18.2 Å². The zero-order valence-electron chi connectivity index (χ0n) is 14.3. The number of carbonyl (C=O) groups is 1. The van der Waals surface area contributed by atoms with Crippen molar-refractivity contribution in [3.8, 4) is 11.5 Å². The molecule has 1 aromatic rings. The summed E-state index contributed by atoms with van der Waals surface area (Å²) in [6, 6.07) is 4.02. The SMILES string of the molecule is COc1cc(Br)c(/C=C2/SC(=NC3CCCCC3)NC2=O)cc1OC. The molecule has 1 aliphatic heterocycles. The number of benzene rings is 1. The topological polar surface area (TPSA) is 59.9 Å². The molecule has 0 unspecified atom stereocenters. The molecule has 0 bridgehead atoms. The van der Waals surface area contributed by atoms with Gasteiger partial charge in [-0.05, 0) is 48.4 Å². The highest BCUT2D eigenvalue weighted by molar-refractivity contribution is 9.10. The number of methoxy groups -OCH3 is 2. The van der Waals surface area contributed by atoms with Gasteiger partial charge in [0.15, 0.2) is 16.7 Å². The average Bonchev–Trinajstić information content (AvgIpc) is 2.96. The van der Waals surface area contributed by atoms with E-state index in [1.165, 1.54) is 31.0 Å². The number of hydrogen-bond acceptors (Lipinski definition) is 5. The largest absolute Gasteiger partial charge is 0.493 e. The summed E-state index contributed by atoms with van der Waals surface area (Å²) in [6.07, 6.45) is 7.80. The summed E-state index contributed by atoms with van der Waals surface area (Å²) in [4.78, 5) is 17.6. The Kier molecular flexibility index (Phi) is 6.06. The van der Waals surface area contributed by atoms with E-state index in [1.54, 1.807) is 14.2 Å². The van der Waals surface area contributed by atoms with E-state index in [0.29, 0.717) is 27.6 Å². The summed E-state index contributed by atoms with van der Waals surface area (Å²) in [6.45, 7) is 0. The fourth-order valence-corrected chi connectivity index (χ4v) is 4.31. The minimum atomic E-state index is -0.110. The molecule has 1 amide bonds. The summed E-state index contributed by atoms with van der Waals surface area (Å²) in [5.74, 6) is 1.15. The molecule has 1 saturated heterocycles. The lowest BCUT2D eigenvalue weighted by Gasteiger charge is -2.17. The first-order chi connectivity index (χ1) is 12.1. The van der Waals surface area contributed by atoms with E-state index >= 15 is 0 Å². The van der Waals surface area contributed by atoms with Crippen LogP contribution in [0.4, 0.5) is 0 Å². The highest BCUT2D eigenvalue weighted by Crippen LogP contribution is 2.36. The highest BCUT2D eigenvalue weighted by atomic mass is 79.9. The second kappa shape index (κ2) is 8.27. The Morgan fingerprint density at radius 3 is 2.56 bits per heavy atom. The van der Waals surface area contributed by atoms with Crippen LogP contribution in [0.25, 0.3) is 6.08 Å². The number of ether oxygens (including phenoxy) is 2. The van der Waals surface area contributed by atoms with Crippen molar-refractivity contribution in [1.29, 1.82) is 0 Å². The van der Waals surface area contributed by atoms with E-state index in [9.17, 15) is 4.79 Å². The zero-order chi connectivity index (χ0) is 17.8. The molecule has 0 atom stereocenters. The molecule has 1 aliphatic carbocycles. The van der Waals surface area contributed by atoms with Gasteiger partial charge in [-0.2, -0.15) is 0 Å². The lowest BCUT2D eigenvalue weighted by molar-refractivity contribution is -0.115. The summed E-state index contributed by atoms with van der Waals surface area (Å²) < 4.78 is 11.5. The molecular formula is C18H21BrN2O3S. The number of amides is 1. The Bertz CT molecular complexity index is 727. The molecule has 0 aromatic heterocycles. The predicted octanol–water partition coefficient (Wildman–Crippen LogP) is 4.36. The van der Waals surface area contributed by atoms with Gasteiger partial charge in [0.1, 0.15) is 0 Å². The van der Waals surface area contributed by atoms with Crippen molar-refractivity contribution < 1.29 is 14.3 Å². The quantitative estimate of drug-likeness (QED) is 0.729. The third kappa shape index (κ3) is 4.39. The molecule has 1 aromatic carbocycles. The molecular weight excluding hydrogens is 404 g/mol. The molecule has 1 N–H and O–H groups in total. The molecule has 0 spiro atoms. The number of amidine groups is 1. The monoisotopic (exact) mass is 424 g/mol. The van der Waals surface area contributed by atoms with Crippen LogP contribution in [0.3, 0.4) is 0 Å². The predicted molar refractivity (Wildman–Crippen MR) is 105 cm³/mol. The normalized spacial score (nSPS) is 21.6. The Hall–Kier alpha value is -1.47. The van der Waals surface area contributed by atoms with E-state index in [0.717, 1.165) is 22.9 Å². The van der Waals surface area contributed by atoms with Gasteiger partial charge in [0.05, 0.1) is 25.2 Å². The maximum atomic E-state index is 12.3. The van der Waals surface area contributed by atoms with Gasteiger partial charge in [-0.1, -0.05) is 35.2 Å². The van der Waals surface area contributed by atoms with Crippen molar-refractivity contribution in [2.75, 3.05) is 14.2 Å². The fraction of sp³-hybridized carbons (Fsp3) is 0.444. The van der Waals surface area contributed by atoms with E-state index in [-0.39, 0.29) is 5.91 Å². The van der Waals surface area contributed by atoms with Gasteiger partial charge < -0.3 is 14.8 Å². The van der Waals surface area contributed by atoms with E-state index < -0.39 is 0 Å². The van der Waals surface area contributed by atoms with Crippen LogP contribution in [0.15, 0.2) is 26.5 Å². The molecule has 2 aliphatic rings. The molecule has 134 valence electrons. The van der Waals surface area contributed by atoms with Gasteiger partial charge in [-0.25, -0.2) is 0 Å². The summed E-state index contributed by atoms with van der Waals surface area (Å²) in [5.41, 5.74) is 0.856. The minimum Gasteiger partial charge on any atom is -0.493 e. The number of aliphatic imine (C=N–C) groups is 1. The number of thioether (sulfide) groups is 1. The Labute approximate surface area is 160 Å². The maximum absolute atomic E-state index is 12.3. The van der Waals surface area contributed by atoms with Gasteiger partial charge in [0, 0.05) is 4.47 Å². The summed E-state index contributed by atoms with van der Waals surface area (Å²) >= 11 is 4.92. The maximum Gasteiger partial charge on any atom is 0.264 e. The van der Waals surface area contributed by atoms with Gasteiger partial charge in [0.2, 0.25) is 0 Å². The van der Waals surface area contributed by atoms with Crippen LogP contribution in [0, 0.1) is 0 Å². The zero-order valence-corrected chi connectivity index (χ0v) is 16.7. The van der Waals surface area contributed by atoms with Gasteiger partial charge in [-0.15, -0.1) is 0 Å². The first-order valence-electron chi connectivity index (χ1n) is 8.31. The number of carbonyl (C=O) groups excluding carboxylic acids is 1. The molecule has 7 heteroatoms. The summed E-state index contributed by atoms with van der Waals surface area (Å²) in [5, 5.41) is 3.58. The van der Waals surface area contributed by atoms with Gasteiger partial charge in [0.25, 0.3) is 5.91 Å². The Morgan fingerprint density at radius 1 is 1.20 bits per heavy atom. The second-order valence-corrected chi connectivity index (χ2v) is 7.90. The van der Waals surface area contributed by atoms with E-state index in [2.05, 4.69) is 21.2 Å². The van der Waals surface area contributed by atoms with Crippen molar-refractivity contribution in [3.63, 3.8) is 0 Å². The number of hydrogen-bond donors (Lipinski definition) is 1. The van der Waals surface area contributed by atoms with Gasteiger partial charge >= 0.3 is 0 Å². The minimum absolute atomic E-state index is 0.110. The van der Waals surface area contributed by atoms with Crippen LogP contribution in [-0.2, 0) is 4.79 Å². The van der Waals surface area contributed by atoms with Crippen molar-refractivity contribution in [1.82, 2.24) is 5.32 Å². The third-order valence-electron chi connectivity index (χ3n) is 4.31. The highest BCUT2D eigenvalue weighted by Gasteiger charge is 2.25. The third-order valence-corrected chi connectivity index (χ3v) is 5.93. The van der Waals surface area contributed by atoms with Crippen molar-refractivity contribution >= 4 is 44.8 Å². The molecule has 1 saturated carbocycles. The van der Waals surface area contributed by atoms with Crippen LogP contribution in [0.1, 0.15) is 37.7 Å². The molecule has 25 heavy (non-hydrogen) atoms. The standard InChI is InChI=1S/C18H21BrN2O3S/c1-23-14-8-11(13(19)10-15(14)24-2)9-16-17(22)21-18(25-16)20-12-6-4-3-5-7-12/h8-10,12H,3-7H2,1-2H3,(H,20,21,22)/b16-9+. The van der Waals surface area contributed by atoms with Crippen LogP contribution in [0.2, 0.25) is 0 Å². The Balaban J connectivity index is 1.82. The number of halogens is 1. The average molecular weight is 425 g/mol. The summed E-state index contributed by atoms with van der Waals surface area (Å²) in [7, 11) is 3.19. The molecule has 3 rings (SSSR count). The Morgan fingerprint density at radius 2 is 1.88 bits per heavy atom. The number of nitrogens with zero attached hydrogens (tertiary/aromatic N) is 1. The van der Waals surface area contributed by atoms with Crippen LogP contribution in [0.5, 0.6) is 11.5 Å². The lowest BCUT2D eigenvalue weighted by Crippen LogP contribution is -2.22. The van der Waals surface area contributed by atoms with Crippen LogP contribution in [-0.4, -0.2) is 31.3 Å². The smallest absolute Gasteiger partial charge is 0.264 e. The van der Waals surface area contributed by atoms with E-state index in [4.69, 9.17) is 14.5 Å². The van der Waals surface area contributed by atoms with Crippen LogP contribution >= 0.6 is 27.7 Å². The molecule has 0 radical (unpaired) electrons. The van der Waals surface area contributed by atoms with Crippen molar-refractivity contribution in [2.24, 2.45) is 4.99 Å². The van der Waals surface area contributed by atoms with Crippen molar-refractivity contribution in [2.45, 2.75) is 38.1 Å².